The zero-order chi connectivity index (χ0) is 24.9. The highest BCUT2D eigenvalue weighted by atomic mass is 16.3. The molecule has 6 nitrogen and oxygen atoms in total. The molecule has 6 heteroatoms. The van der Waals surface area contributed by atoms with Crippen molar-refractivity contribution in [3.05, 3.63) is 95.6 Å². The van der Waals surface area contributed by atoms with Gasteiger partial charge in [0.25, 0.3) is 0 Å². The molecule has 0 radical (unpaired) electrons. The molecule has 2 aromatic carbocycles. The summed E-state index contributed by atoms with van der Waals surface area (Å²) in [6, 6.07) is 18.9. The Balaban J connectivity index is 1.49. The molecule has 1 aliphatic carbocycles. The molecule has 2 aromatic heterocycles. The van der Waals surface area contributed by atoms with E-state index < -0.39 is 6.04 Å². The van der Waals surface area contributed by atoms with E-state index in [1.807, 2.05) is 67.7 Å². The second-order valence-corrected chi connectivity index (χ2v) is 9.79. The topological polar surface area (TPSA) is 78.3 Å². The van der Waals surface area contributed by atoms with Gasteiger partial charge in [-0.15, -0.1) is 0 Å². The van der Waals surface area contributed by atoms with E-state index in [1.54, 1.807) is 17.2 Å². The minimum atomic E-state index is -0.754. The molecule has 1 aliphatic rings. The Morgan fingerprint density at radius 3 is 2.56 bits per heavy atom. The highest BCUT2D eigenvalue weighted by molar-refractivity contribution is 5.92. The fraction of sp³-hybridized carbons (Fsp3) is 0.333. The number of rotatable bonds is 8. The van der Waals surface area contributed by atoms with Gasteiger partial charge in [0.1, 0.15) is 11.8 Å². The fourth-order valence-corrected chi connectivity index (χ4v) is 5.18. The number of aromatic nitrogens is 1. The first kappa shape index (κ1) is 23.9. The van der Waals surface area contributed by atoms with Gasteiger partial charge in [0.15, 0.2) is 0 Å². The van der Waals surface area contributed by atoms with Crippen LogP contribution in [0.1, 0.15) is 60.6 Å². The SMILES string of the molecule is Cc1ccc(C(C(=O)NC2CCCCC2)N(Cc2ccco2)C(=O)Cc2c[nH]c3ccccc23)cc1. The lowest BCUT2D eigenvalue weighted by Crippen LogP contribution is -2.47. The molecule has 0 saturated heterocycles. The molecule has 2 N–H and O–H groups in total. The van der Waals surface area contributed by atoms with Crippen LogP contribution in [0.2, 0.25) is 0 Å². The first-order chi connectivity index (χ1) is 17.6. The van der Waals surface area contributed by atoms with Gasteiger partial charge in [-0.3, -0.25) is 9.59 Å². The highest BCUT2D eigenvalue weighted by Crippen LogP contribution is 2.28. The number of nitrogens with one attached hydrogen (secondary N) is 2. The van der Waals surface area contributed by atoms with Gasteiger partial charge in [0, 0.05) is 23.1 Å². The number of hydrogen-bond acceptors (Lipinski definition) is 3. The number of fused-ring (bicyclic) bond motifs is 1. The average Bonchev–Trinajstić information content (AvgIpc) is 3.56. The van der Waals surface area contributed by atoms with Gasteiger partial charge >= 0.3 is 0 Å². The average molecular weight is 484 g/mol. The van der Waals surface area contributed by atoms with E-state index >= 15 is 0 Å². The minimum absolute atomic E-state index is 0.125. The Morgan fingerprint density at radius 1 is 1.03 bits per heavy atom. The summed E-state index contributed by atoms with van der Waals surface area (Å²) in [4.78, 5) is 32.7. The van der Waals surface area contributed by atoms with Crippen molar-refractivity contribution in [1.29, 1.82) is 0 Å². The van der Waals surface area contributed by atoms with Gasteiger partial charge < -0.3 is 19.6 Å². The first-order valence-corrected chi connectivity index (χ1v) is 12.8. The van der Waals surface area contributed by atoms with Crippen molar-refractivity contribution in [1.82, 2.24) is 15.2 Å². The Kier molecular flexibility index (Phi) is 7.21. The monoisotopic (exact) mass is 483 g/mol. The Bertz CT molecular complexity index is 1300. The summed E-state index contributed by atoms with van der Waals surface area (Å²) < 4.78 is 5.62. The first-order valence-electron chi connectivity index (χ1n) is 12.8. The van der Waals surface area contributed by atoms with Crippen LogP contribution in [0.25, 0.3) is 10.9 Å². The molecular weight excluding hydrogens is 450 g/mol. The molecule has 0 aliphatic heterocycles. The van der Waals surface area contributed by atoms with Crippen LogP contribution < -0.4 is 5.32 Å². The lowest BCUT2D eigenvalue weighted by molar-refractivity contribution is -0.141. The molecule has 1 unspecified atom stereocenters. The number of benzene rings is 2. The van der Waals surface area contributed by atoms with E-state index in [4.69, 9.17) is 4.42 Å². The zero-order valence-electron chi connectivity index (χ0n) is 20.7. The summed E-state index contributed by atoms with van der Waals surface area (Å²) in [6.45, 7) is 2.23. The molecule has 186 valence electrons. The highest BCUT2D eigenvalue weighted by Gasteiger charge is 2.33. The van der Waals surface area contributed by atoms with E-state index in [1.165, 1.54) is 6.42 Å². The second kappa shape index (κ2) is 10.9. The van der Waals surface area contributed by atoms with Gasteiger partial charge in [-0.1, -0.05) is 67.3 Å². The summed E-state index contributed by atoms with van der Waals surface area (Å²) in [7, 11) is 0. The predicted molar refractivity (Wildman–Crippen MR) is 140 cm³/mol. The largest absolute Gasteiger partial charge is 0.467 e. The number of para-hydroxylation sites is 1. The van der Waals surface area contributed by atoms with Gasteiger partial charge in [-0.05, 0) is 49.1 Å². The summed E-state index contributed by atoms with van der Waals surface area (Å²) in [5.41, 5.74) is 3.80. The molecule has 0 bridgehead atoms. The van der Waals surface area contributed by atoms with Crippen LogP contribution in [0.3, 0.4) is 0 Å². The predicted octanol–water partition coefficient (Wildman–Crippen LogP) is 5.83. The second-order valence-electron chi connectivity index (χ2n) is 9.79. The Labute approximate surface area is 211 Å². The van der Waals surface area contributed by atoms with E-state index in [-0.39, 0.29) is 30.8 Å². The minimum Gasteiger partial charge on any atom is -0.467 e. The van der Waals surface area contributed by atoms with Gasteiger partial charge in [0.05, 0.1) is 19.2 Å². The van der Waals surface area contributed by atoms with E-state index in [0.717, 1.165) is 53.3 Å². The quantitative estimate of drug-likeness (QED) is 0.331. The molecule has 2 amide bonds. The van der Waals surface area contributed by atoms with Crippen LogP contribution in [0, 0.1) is 6.92 Å². The third-order valence-corrected chi connectivity index (χ3v) is 7.15. The molecule has 36 heavy (non-hydrogen) atoms. The van der Waals surface area contributed by atoms with E-state index in [9.17, 15) is 9.59 Å². The van der Waals surface area contributed by atoms with Crippen molar-refractivity contribution in [3.8, 4) is 0 Å². The maximum absolute atomic E-state index is 13.9. The molecule has 4 aromatic rings. The van der Waals surface area contributed by atoms with Crippen LogP contribution in [0.5, 0.6) is 0 Å². The Hall–Kier alpha value is -3.80. The molecule has 1 fully saturated rings. The molecule has 1 atom stereocenters. The van der Waals surface area contributed by atoms with Crippen molar-refractivity contribution in [3.63, 3.8) is 0 Å². The number of carbonyl (C=O) groups is 2. The van der Waals surface area contributed by atoms with Crippen LogP contribution in [0.4, 0.5) is 0 Å². The third-order valence-electron chi connectivity index (χ3n) is 7.15. The van der Waals surface area contributed by atoms with Crippen LogP contribution in [-0.4, -0.2) is 27.7 Å². The number of aryl methyl sites for hydroxylation is 1. The lowest BCUT2D eigenvalue weighted by atomic mass is 9.94. The molecule has 5 rings (SSSR count). The Morgan fingerprint density at radius 2 is 1.81 bits per heavy atom. The molecular formula is C30H33N3O3. The molecule has 0 spiro atoms. The number of H-pyrrole nitrogens is 1. The smallest absolute Gasteiger partial charge is 0.247 e. The lowest BCUT2D eigenvalue weighted by Gasteiger charge is -2.33. The fourth-order valence-electron chi connectivity index (χ4n) is 5.18. The van der Waals surface area contributed by atoms with Gasteiger partial charge in [-0.25, -0.2) is 0 Å². The number of carbonyl (C=O) groups excluding carboxylic acids is 2. The van der Waals surface area contributed by atoms with Crippen molar-refractivity contribution in [2.75, 3.05) is 0 Å². The van der Waals surface area contributed by atoms with E-state index in [2.05, 4.69) is 10.3 Å². The van der Waals surface area contributed by atoms with Crippen LogP contribution in [-0.2, 0) is 22.6 Å². The van der Waals surface area contributed by atoms with Crippen molar-refractivity contribution >= 4 is 22.7 Å². The third kappa shape index (κ3) is 5.38. The maximum Gasteiger partial charge on any atom is 0.247 e. The number of aromatic amines is 1. The van der Waals surface area contributed by atoms with Crippen molar-refractivity contribution in [2.45, 2.75) is 64.1 Å². The molecule has 1 saturated carbocycles. The number of furan rings is 1. The maximum atomic E-state index is 13.9. The summed E-state index contributed by atoms with van der Waals surface area (Å²) >= 11 is 0. The van der Waals surface area contributed by atoms with Crippen molar-refractivity contribution < 1.29 is 14.0 Å². The number of hydrogen-bond donors (Lipinski definition) is 2. The number of nitrogens with zero attached hydrogens (tertiary/aromatic N) is 1. The normalized spacial score (nSPS) is 15.0. The van der Waals surface area contributed by atoms with Gasteiger partial charge in [-0.2, -0.15) is 0 Å². The summed E-state index contributed by atoms with van der Waals surface area (Å²) in [6.07, 6.45) is 9.08. The zero-order valence-corrected chi connectivity index (χ0v) is 20.7. The van der Waals surface area contributed by atoms with Crippen LogP contribution in [0.15, 0.2) is 77.5 Å². The van der Waals surface area contributed by atoms with Gasteiger partial charge in [0.2, 0.25) is 11.8 Å². The van der Waals surface area contributed by atoms with Crippen molar-refractivity contribution in [2.24, 2.45) is 0 Å². The summed E-state index contributed by atoms with van der Waals surface area (Å²) in [5.74, 6) is 0.384. The van der Waals surface area contributed by atoms with E-state index in [0.29, 0.717) is 5.76 Å². The van der Waals surface area contributed by atoms with Crippen LogP contribution >= 0.6 is 0 Å². The summed E-state index contributed by atoms with van der Waals surface area (Å²) in [5, 5.41) is 4.28. The standard InChI is InChI=1S/C30H33N3O3/c1-21-13-15-22(16-14-21)29(30(35)32-24-8-3-2-4-9-24)33(20-25-10-7-17-36-25)28(34)18-23-19-31-27-12-6-5-11-26(23)27/h5-7,10-17,19,24,29,31H,2-4,8-9,18,20H2,1H3,(H,32,35). The molecule has 2 heterocycles. The number of amides is 2.